The number of hydrogen-bond donors (Lipinski definition) is 1. The first-order valence-corrected chi connectivity index (χ1v) is 10.3. The molecule has 5 aromatic rings. The zero-order valence-corrected chi connectivity index (χ0v) is 17.3. The van der Waals surface area contributed by atoms with E-state index in [0.717, 1.165) is 44.9 Å². The molecule has 0 aliphatic carbocycles. The smallest absolute Gasteiger partial charge is 0.130 e. The number of aliphatic hydroxyl groups excluding tert-OH is 1. The van der Waals surface area contributed by atoms with Crippen molar-refractivity contribution in [1.82, 2.24) is 24.7 Å². The Kier molecular flexibility index (Phi) is 5.55. The monoisotopic (exact) mass is 423 g/mol. The van der Waals surface area contributed by atoms with Crippen LogP contribution < -0.4 is 4.74 Å². The summed E-state index contributed by atoms with van der Waals surface area (Å²) in [6, 6.07) is 19.4. The number of aromatic nitrogens is 5. The number of ether oxygens (including phenoxy) is 1. The van der Waals surface area contributed by atoms with Gasteiger partial charge in [0.05, 0.1) is 29.9 Å². The lowest BCUT2D eigenvalue weighted by atomic mass is 10.0. The molecule has 1 aromatic carbocycles. The van der Waals surface area contributed by atoms with Gasteiger partial charge in [-0.2, -0.15) is 5.10 Å². The lowest BCUT2D eigenvalue weighted by molar-refractivity contribution is 0.269. The van der Waals surface area contributed by atoms with Gasteiger partial charge < -0.3 is 9.84 Å². The van der Waals surface area contributed by atoms with Crippen LogP contribution in [-0.2, 0) is 13.2 Å². The van der Waals surface area contributed by atoms with Gasteiger partial charge in [-0.25, -0.2) is 4.98 Å². The molecule has 0 aliphatic heterocycles. The van der Waals surface area contributed by atoms with E-state index in [-0.39, 0.29) is 6.61 Å². The van der Waals surface area contributed by atoms with Crippen molar-refractivity contribution in [3.05, 3.63) is 91.1 Å². The molecule has 0 unspecified atom stereocenters. The third-order valence-electron chi connectivity index (χ3n) is 5.11. The normalized spacial score (nSPS) is 11.0. The number of benzene rings is 1. The number of nitrogens with zero attached hydrogens (tertiary/aromatic N) is 5. The Labute approximate surface area is 185 Å². The Bertz CT molecular complexity index is 1330. The third-order valence-corrected chi connectivity index (χ3v) is 5.11. The molecule has 0 atom stereocenters. The highest BCUT2D eigenvalue weighted by Crippen LogP contribution is 2.31. The van der Waals surface area contributed by atoms with Crippen LogP contribution in [0, 0.1) is 0 Å². The standard InChI is InChI=1S/C25H21N5O2/c31-15-14-30-16-22(18-9-12-26-13-10-18)25(29-30)19-3-6-21(7-4-19)32-17-20-5-8-23-24(28-20)2-1-11-27-23/h1-13,16,31H,14-15,17H2. The molecular formula is C25H21N5O2. The molecule has 32 heavy (non-hydrogen) atoms. The van der Waals surface area contributed by atoms with E-state index >= 15 is 0 Å². The van der Waals surface area contributed by atoms with E-state index < -0.39 is 0 Å². The van der Waals surface area contributed by atoms with E-state index in [4.69, 9.17) is 4.74 Å². The maximum absolute atomic E-state index is 9.31. The predicted octanol–water partition coefficient (Wildman–Crippen LogP) is 4.13. The van der Waals surface area contributed by atoms with Crippen molar-refractivity contribution in [2.45, 2.75) is 13.2 Å². The SMILES string of the molecule is OCCn1cc(-c2ccncc2)c(-c2ccc(OCc3ccc4ncccc4n3)cc2)n1. The molecule has 0 amide bonds. The summed E-state index contributed by atoms with van der Waals surface area (Å²) >= 11 is 0. The molecule has 0 saturated carbocycles. The molecule has 0 saturated heterocycles. The van der Waals surface area contributed by atoms with Crippen molar-refractivity contribution < 1.29 is 9.84 Å². The van der Waals surface area contributed by atoms with Crippen LogP contribution in [0.2, 0.25) is 0 Å². The third kappa shape index (κ3) is 4.19. The average Bonchev–Trinajstić information content (AvgIpc) is 3.28. The highest BCUT2D eigenvalue weighted by atomic mass is 16.5. The minimum absolute atomic E-state index is 0.0303. The van der Waals surface area contributed by atoms with E-state index in [1.807, 2.05) is 66.9 Å². The molecule has 158 valence electrons. The van der Waals surface area contributed by atoms with Crippen molar-refractivity contribution in [1.29, 1.82) is 0 Å². The van der Waals surface area contributed by atoms with Gasteiger partial charge in [0.25, 0.3) is 0 Å². The number of hydrogen-bond acceptors (Lipinski definition) is 6. The van der Waals surface area contributed by atoms with Crippen molar-refractivity contribution in [3.63, 3.8) is 0 Å². The Morgan fingerprint density at radius 2 is 1.69 bits per heavy atom. The highest BCUT2D eigenvalue weighted by Gasteiger charge is 2.13. The molecule has 0 bridgehead atoms. The van der Waals surface area contributed by atoms with Gasteiger partial charge in [-0.3, -0.25) is 14.6 Å². The highest BCUT2D eigenvalue weighted by molar-refractivity contribution is 5.80. The van der Waals surface area contributed by atoms with E-state index in [0.29, 0.717) is 13.2 Å². The fourth-order valence-electron chi connectivity index (χ4n) is 3.54. The van der Waals surface area contributed by atoms with Crippen LogP contribution in [0.4, 0.5) is 0 Å². The van der Waals surface area contributed by atoms with Crippen molar-refractivity contribution in [2.75, 3.05) is 6.61 Å². The van der Waals surface area contributed by atoms with Crippen molar-refractivity contribution in [2.24, 2.45) is 0 Å². The molecule has 4 heterocycles. The topological polar surface area (TPSA) is 86.0 Å². The van der Waals surface area contributed by atoms with Crippen LogP contribution in [0.15, 0.2) is 85.5 Å². The molecule has 0 aliphatic rings. The molecule has 4 aromatic heterocycles. The van der Waals surface area contributed by atoms with E-state index in [9.17, 15) is 5.11 Å². The predicted molar refractivity (Wildman–Crippen MR) is 122 cm³/mol. The lowest BCUT2D eigenvalue weighted by Gasteiger charge is -2.08. The lowest BCUT2D eigenvalue weighted by Crippen LogP contribution is -2.02. The van der Waals surface area contributed by atoms with Gasteiger partial charge in [0.2, 0.25) is 0 Å². The van der Waals surface area contributed by atoms with Gasteiger partial charge in [-0.05, 0) is 66.2 Å². The summed E-state index contributed by atoms with van der Waals surface area (Å²) in [5, 5.41) is 14.0. The van der Waals surface area contributed by atoms with Crippen LogP contribution in [0.5, 0.6) is 5.75 Å². The summed E-state index contributed by atoms with van der Waals surface area (Å²) in [5.41, 5.74) is 6.39. The van der Waals surface area contributed by atoms with E-state index in [1.165, 1.54) is 0 Å². The quantitative estimate of drug-likeness (QED) is 0.424. The minimum Gasteiger partial charge on any atom is -0.487 e. The van der Waals surface area contributed by atoms with Gasteiger partial charge in [0, 0.05) is 35.9 Å². The molecule has 1 N–H and O–H groups in total. The van der Waals surface area contributed by atoms with Gasteiger partial charge in [-0.1, -0.05) is 0 Å². The maximum Gasteiger partial charge on any atom is 0.130 e. The molecule has 7 heteroatoms. The first-order chi connectivity index (χ1) is 15.8. The van der Waals surface area contributed by atoms with Gasteiger partial charge in [0.1, 0.15) is 18.1 Å². The second-order valence-corrected chi connectivity index (χ2v) is 7.27. The summed E-state index contributed by atoms with van der Waals surface area (Å²) in [5.74, 6) is 0.752. The largest absolute Gasteiger partial charge is 0.487 e. The number of pyridine rings is 3. The minimum atomic E-state index is 0.0303. The molecule has 0 fully saturated rings. The Morgan fingerprint density at radius 3 is 2.50 bits per heavy atom. The molecule has 0 spiro atoms. The second kappa shape index (κ2) is 8.95. The van der Waals surface area contributed by atoms with Crippen LogP contribution in [0.25, 0.3) is 33.4 Å². The van der Waals surface area contributed by atoms with E-state index in [2.05, 4.69) is 20.1 Å². The first-order valence-electron chi connectivity index (χ1n) is 10.3. The van der Waals surface area contributed by atoms with Crippen LogP contribution >= 0.6 is 0 Å². The van der Waals surface area contributed by atoms with Crippen LogP contribution in [-0.4, -0.2) is 36.4 Å². The molecular weight excluding hydrogens is 402 g/mol. The fourth-order valence-corrected chi connectivity index (χ4v) is 3.54. The first kappa shape index (κ1) is 19.8. The number of fused-ring (bicyclic) bond motifs is 1. The summed E-state index contributed by atoms with van der Waals surface area (Å²) in [7, 11) is 0. The molecule has 7 nitrogen and oxygen atoms in total. The zero-order chi connectivity index (χ0) is 21.8. The van der Waals surface area contributed by atoms with Gasteiger partial charge in [0.15, 0.2) is 0 Å². The van der Waals surface area contributed by atoms with E-state index in [1.54, 1.807) is 23.3 Å². The average molecular weight is 423 g/mol. The van der Waals surface area contributed by atoms with Crippen molar-refractivity contribution in [3.8, 4) is 28.1 Å². The Balaban J connectivity index is 1.36. The summed E-state index contributed by atoms with van der Waals surface area (Å²) in [6.07, 6.45) is 7.23. The Hall–Kier alpha value is -4.10. The van der Waals surface area contributed by atoms with Gasteiger partial charge >= 0.3 is 0 Å². The number of aliphatic hydroxyl groups is 1. The molecule has 5 rings (SSSR count). The maximum atomic E-state index is 9.31. The van der Waals surface area contributed by atoms with Gasteiger partial charge in [-0.15, -0.1) is 0 Å². The number of rotatable bonds is 7. The van der Waals surface area contributed by atoms with Crippen LogP contribution in [0.3, 0.4) is 0 Å². The summed E-state index contributed by atoms with van der Waals surface area (Å²) < 4.78 is 7.70. The Morgan fingerprint density at radius 1 is 0.844 bits per heavy atom. The molecule has 0 radical (unpaired) electrons. The summed E-state index contributed by atoms with van der Waals surface area (Å²) in [6.45, 7) is 0.841. The zero-order valence-electron chi connectivity index (χ0n) is 17.3. The van der Waals surface area contributed by atoms with Crippen molar-refractivity contribution >= 4 is 11.0 Å². The second-order valence-electron chi connectivity index (χ2n) is 7.27. The summed E-state index contributed by atoms with van der Waals surface area (Å²) in [4.78, 5) is 13.0. The van der Waals surface area contributed by atoms with Crippen LogP contribution in [0.1, 0.15) is 5.69 Å². The fraction of sp³-hybridized carbons (Fsp3) is 0.120.